The number of anilines is 1. The van der Waals surface area contributed by atoms with E-state index < -0.39 is 23.9 Å². The summed E-state index contributed by atoms with van der Waals surface area (Å²) in [6.45, 7) is 7.02. The molecule has 2 rings (SSSR count). The maximum Gasteiger partial charge on any atom is 0.341 e. The highest BCUT2D eigenvalue weighted by Gasteiger charge is 2.26. The van der Waals surface area contributed by atoms with Gasteiger partial charge in [0.2, 0.25) is 0 Å². The molecule has 0 unspecified atom stereocenters. The van der Waals surface area contributed by atoms with Gasteiger partial charge in [-0.3, -0.25) is 10.2 Å². The molecule has 2 aromatic rings. The van der Waals surface area contributed by atoms with Crippen LogP contribution in [0.2, 0.25) is 0 Å². The van der Waals surface area contributed by atoms with E-state index in [0.717, 1.165) is 16.0 Å². The zero-order valence-electron chi connectivity index (χ0n) is 20.5. The van der Waals surface area contributed by atoms with E-state index >= 15 is 0 Å². The van der Waals surface area contributed by atoms with Crippen LogP contribution in [-0.2, 0) is 11.3 Å². The molecule has 0 bridgehead atoms. The van der Waals surface area contributed by atoms with Gasteiger partial charge >= 0.3 is 18.0 Å². The summed E-state index contributed by atoms with van der Waals surface area (Å²) in [6, 6.07) is 11.1. The molecule has 0 spiro atoms. The van der Waals surface area contributed by atoms with Crippen molar-refractivity contribution in [1.82, 2.24) is 21.2 Å². The number of benzene rings is 2. The predicted molar refractivity (Wildman–Crippen MR) is 131 cm³/mol. The van der Waals surface area contributed by atoms with Crippen LogP contribution in [0.3, 0.4) is 0 Å². The second-order valence-electron chi connectivity index (χ2n) is 8.21. The van der Waals surface area contributed by atoms with Gasteiger partial charge in [0.1, 0.15) is 0 Å². The lowest BCUT2D eigenvalue weighted by Gasteiger charge is -2.24. The predicted octanol–water partition coefficient (Wildman–Crippen LogP) is 3.26. The molecule has 2 aromatic carbocycles. The van der Waals surface area contributed by atoms with E-state index in [9.17, 15) is 19.5 Å². The van der Waals surface area contributed by atoms with Crippen molar-refractivity contribution >= 4 is 23.7 Å². The maximum atomic E-state index is 12.7. The smallest absolute Gasteiger partial charge is 0.341 e. The maximum absolute atomic E-state index is 12.7. The van der Waals surface area contributed by atoms with Crippen LogP contribution in [0, 0.1) is 12.8 Å². The van der Waals surface area contributed by atoms with Crippen LogP contribution in [0.1, 0.15) is 31.9 Å². The van der Waals surface area contributed by atoms with Crippen molar-refractivity contribution in [3.8, 4) is 11.5 Å². The molecule has 5 N–H and O–H groups in total. The van der Waals surface area contributed by atoms with Gasteiger partial charge in [0, 0.05) is 19.2 Å². The Labute approximate surface area is 204 Å². The summed E-state index contributed by atoms with van der Waals surface area (Å²) < 4.78 is 11.0. The first-order chi connectivity index (χ1) is 16.6. The fourth-order valence-electron chi connectivity index (χ4n) is 2.91. The van der Waals surface area contributed by atoms with Crippen LogP contribution in [0.4, 0.5) is 15.3 Å². The highest BCUT2D eigenvalue weighted by atomic mass is 16.5. The summed E-state index contributed by atoms with van der Waals surface area (Å²) in [7, 11) is 1.51. The van der Waals surface area contributed by atoms with Crippen molar-refractivity contribution in [3.05, 3.63) is 53.6 Å². The monoisotopic (exact) mass is 487 g/mol. The van der Waals surface area contributed by atoms with Gasteiger partial charge in [-0.1, -0.05) is 36.8 Å². The van der Waals surface area contributed by atoms with E-state index in [-0.39, 0.29) is 19.2 Å². The van der Waals surface area contributed by atoms with Gasteiger partial charge in [0.25, 0.3) is 0 Å². The highest BCUT2D eigenvalue weighted by Crippen LogP contribution is 2.30. The number of carboxylic acid groups (broad SMARTS) is 1. The molecule has 0 aliphatic heterocycles. The average molecular weight is 488 g/mol. The lowest BCUT2D eigenvalue weighted by molar-refractivity contribution is -0.141. The number of rotatable bonds is 11. The highest BCUT2D eigenvalue weighted by molar-refractivity contribution is 5.93. The number of hydrogen-bond donors (Lipinski definition) is 5. The molecule has 0 saturated heterocycles. The number of nitrogens with zero attached hydrogens (tertiary/aromatic N) is 1. The SMILES string of the molecule is COc1cc(NNNC(=O)N(C[C@H](C)C(=O)O)C(=O)NCc2ccc(C)cc2)ccc1OC(C)C. The fraction of sp³-hybridized carbons (Fsp3) is 0.375. The van der Waals surface area contributed by atoms with E-state index in [1.807, 2.05) is 45.0 Å². The molecule has 0 heterocycles. The molecule has 35 heavy (non-hydrogen) atoms. The number of nitrogens with one attached hydrogen (secondary N) is 4. The van der Waals surface area contributed by atoms with Crippen LogP contribution in [-0.4, -0.2) is 47.8 Å². The minimum absolute atomic E-state index is 0.0311. The summed E-state index contributed by atoms with van der Waals surface area (Å²) in [5.41, 5.74) is 10.1. The van der Waals surface area contributed by atoms with Gasteiger partial charge in [-0.25, -0.2) is 14.5 Å². The molecule has 4 amide bonds. The standard InChI is InChI=1S/C24H33N5O6/c1-15(2)35-20-11-10-19(12-21(20)34-5)26-28-27-24(33)29(14-17(4)22(30)31)23(32)25-13-18-8-6-16(3)7-9-18/h6-12,15,17,26,28H,13-14H2,1-5H3,(H,25,32)(H,27,33)(H,30,31)/t17-/m0/s1. The van der Waals surface area contributed by atoms with E-state index in [1.165, 1.54) is 14.0 Å². The molecule has 190 valence electrons. The van der Waals surface area contributed by atoms with Crippen molar-refractivity contribution in [1.29, 1.82) is 0 Å². The number of carbonyl (C=O) groups is 3. The van der Waals surface area contributed by atoms with E-state index in [1.54, 1.807) is 18.2 Å². The minimum Gasteiger partial charge on any atom is -0.493 e. The van der Waals surface area contributed by atoms with E-state index in [2.05, 4.69) is 21.7 Å². The Balaban J connectivity index is 2.00. The third-order valence-electron chi connectivity index (χ3n) is 4.84. The summed E-state index contributed by atoms with van der Waals surface area (Å²) in [4.78, 5) is 37.5. The van der Waals surface area contributed by atoms with Gasteiger partial charge in [-0.2, -0.15) is 0 Å². The Morgan fingerprint density at radius 2 is 1.69 bits per heavy atom. The molecule has 11 nitrogen and oxygen atoms in total. The Morgan fingerprint density at radius 1 is 1.00 bits per heavy atom. The third kappa shape index (κ3) is 8.70. The number of aliphatic carboxylic acids is 1. The van der Waals surface area contributed by atoms with Crippen molar-refractivity contribution < 1.29 is 29.0 Å². The first-order valence-electron chi connectivity index (χ1n) is 11.1. The van der Waals surface area contributed by atoms with Crippen molar-refractivity contribution in [2.45, 2.75) is 40.3 Å². The minimum atomic E-state index is -1.13. The largest absolute Gasteiger partial charge is 0.493 e. The number of hydrazine groups is 2. The summed E-state index contributed by atoms with van der Waals surface area (Å²) in [6.07, 6.45) is -0.0311. The molecule has 0 aliphatic carbocycles. The Bertz CT molecular complexity index is 1010. The van der Waals surface area contributed by atoms with Crippen LogP contribution in [0.15, 0.2) is 42.5 Å². The Hall–Kier alpha value is -3.99. The van der Waals surface area contributed by atoms with Crippen molar-refractivity contribution in [2.75, 3.05) is 19.1 Å². The third-order valence-corrected chi connectivity index (χ3v) is 4.84. The number of aryl methyl sites for hydroxylation is 1. The number of carboxylic acids is 1. The molecule has 0 aliphatic rings. The first-order valence-corrected chi connectivity index (χ1v) is 11.1. The molecule has 0 fully saturated rings. The molecule has 0 saturated carbocycles. The topological polar surface area (TPSA) is 141 Å². The van der Waals surface area contributed by atoms with Crippen molar-refractivity contribution in [2.24, 2.45) is 5.92 Å². The van der Waals surface area contributed by atoms with Crippen LogP contribution in [0.5, 0.6) is 11.5 Å². The van der Waals surface area contributed by atoms with Crippen LogP contribution < -0.4 is 31.2 Å². The van der Waals surface area contributed by atoms with Gasteiger partial charge in [-0.05, 0) is 38.5 Å². The lowest BCUT2D eigenvalue weighted by atomic mass is 10.1. The molecule has 0 aromatic heterocycles. The van der Waals surface area contributed by atoms with Crippen LogP contribution in [0.25, 0.3) is 0 Å². The second-order valence-corrected chi connectivity index (χ2v) is 8.21. The molecule has 1 atom stereocenters. The number of urea groups is 2. The van der Waals surface area contributed by atoms with E-state index in [4.69, 9.17) is 9.47 Å². The van der Waals surface area contributed by atoms with Gasteiger partial charge in [0.05, 0.1) is 24.8 Å². The number of methoxy groups -OCH3 is 1. The average Bonchev–Trinajstić information content (AvgIpc) is 2.82. The first kappa shape index (κ1) is 27.3. The summed E-state index contributed by atoms with van der Waals surface area (Å²) in [5, 5.41) is 11.9. The quantitative estimate of drug-likeness (QED) is 0.304. The van der Waals surface area contributed by atoms with E-state index in [0.29, 0.717) is 17.2 Å². The fourth-order valence-corrected chi connectivity index (χ4v) is 2.91. The van der Waals surface area contributed by atoms with Crippen LogP contribution >= 0.6 is 0 Å². The summed E-state index contributed by atoms with van der Waals surface area (Å²) in [5.74, 6) is -1.03. The number of ether oxygens (including phenoxy) is 2. The number of imide groups is 1. The van der Waals surface area contributed by atoms with Gasteiger partial charge in [-0.15, -0.1) is 5.53 Å². The van der Waals surface area contributed by atoms with Gasteiger partial charge < -0.3 is 25.3 Å². The normalized spacial score (nSPS) is 11.4. The molecular weight excluding hydrogens is 454 g/mol. The Morgan fingerprint density at radius 3 is 2.29 bits per heavy atom. The molecular formula is C24H33N5O6. The lowest BCUT2D eigenvalue weighted by Crippen LogP contribution is -2.54. The zero-order valence-corrected chi connectivity index (χ0v) is 20.5. The van der Waals surface area contributed by atoms with Gasteiger partial charge in [0.15, 0.2) is 11.5 Å². The zero-order chi connectivity index (χ0) is 26.0. The van der Waals surface area contributed by atoms with Crippen molar-refractivity contribution in [3.63, 3.8) is 0 Å². The number of hydrogen-bond acceptors (Lipinski definition) is 7. The summed E-state index contributed by atoms with van der Waals surface area (Å²) >= 11 is 0. The molecule has 11 heteroatoms. The molecule has 0 radical (unpaired) electrons. The number of carbonyl (C=O) groups excluding carboxylic acids is 2. The Kier molecular flexibility index (Phi) is 10.2. The number of amides is 4. The second kappa shape index (κ2) is 13.0.